The number of unbranched alkanes of at least 4 members (excludes halogenated alkanes) is 3. The highest BCUT2D eigenvalue weighted by Gasteiger charge is 2.04. The van der Waals surface area contributed by atoms with E-state index in [0.717, 1.165) is 45.2 Å². The van der Waals surface area contributed by atoms with Crippen LogP contribution in [0.25, 0.3) is 0 Å². The fraction of sp³-hybridized carbons (Fsp3) is 0.923. The Balaban J connectivity index is 3.19. The van der Waals surface area contributed by atoms with E-state index in [0.29, 0.717) is 13.0 Å². The summed E-state index contributed by atoms with van der Waals surface area (Å²) in [6.45, 7) is 6.09. The van der Waals surface area contributed by atoms with E-state index in [9.17, 15) is 4.79 Å². The Labute approximate surface area is 105 Å². The summed E-state index contributed by atoms with van der Waals surface area (Å²) in [7, 11) is 0. The maximum absolute atomic E-state index is 11.4. The van der Waals surface area contributed by atoms with Gasteiger partial charge in [-0.25, -0.2) is 0 Å². The Morgan fingerprint density at radius 1 is 1.18 bits per heavy atom. The van der Waals surface area contributed by atoms with Crippen LogP contribution >= 0.6 is 0 Å². The third-order valence-electron chi connectivity index (χ3n) is 2.81. The normalized spacial score (nSPS) is 12.4. The molecule has 0 spiro atoms. The summed E-state index contributed by atoms with van der Waals surface area (Å²) in [6, 6.07) is 0.279. The van der Waals surface area contributed by atoms with Crippen molar-refractivity contribution in [2.45, 2.75) is 58.4 Å². The van der Waals surface area contributed by atoms with Crippen LogP contribution in [0.3, 0.4) is 0 Å². The summed E-state index contributed by atoms with van der Waals surface area (Å²) in [5.74, 6) is 0.132. The summed E-state index contributed by atoms with van der Waals surface area (Å²) in [5.41, 5.74) is 0. The maximum Gasteiger partial charge on any atom is 0.221 e. The average molecular weight is 244 g/mol. The van der Waals surface area contributed by atoms with E-state index in [-0.39, 0.29) is 11.9 Å². The largest absolute Gasteiger partial charge is 0.396 e. The van der Waals surface area contributed by atoms with Crippen molar-refractivity contribution in [1.29, 1.82) is 0 Å². The van der Waals surface area contributed by atoms with Crippen molar-refractivity contribution in [3.8, 4) is 0 Å². The van der Waals surface area contributed by atoms with Crippen LogP contribution in [0.15, 0.2) is 0 Å². The topological polar surface area (TPSA) is 61.4 Å². The minimum absolute atomic E-state index is 0.132. The van der Waals surface area contributed by atoms with E-state index in [4.69, 9.17) is 5.11 Å². The van der Waals surface area contributed by atoms with Gasteiger partial charge in [0.05, 0.1) is 0 Å². The monoisotopic (exact) mass is 244 g/mol. The maximum atomic E-state index is 11.4. The van der Waals surface area contributed by atoms with Crippen molar-refractivity contribution in [2.24, 2.45) is 0 Å². The molecular weight excluding hydrogens is 216 g/mol. The quantitative estimate of drug-likeness (QED) is 0.482. The van der Waals surface area contributed by atoms with Crippen molar-refractivity contribution < 1.29 is 9.90 Å². The van der Waals surface area contributed by atoms with Crippen LogP contribution in [0.2, 0.25) is 0 Å². The van der Waals surface area contributed by atoms with Crippen LogP contribution in [0, 0.1) is 0 Å². The Kier molecular flexibility index (Phi) is 11.4. The van der Waals surface area contributed by atoms with Crippen molar-refractivity contribution in [1.82, 2.24) is 10.6 Å². The number of nitrogens with one attached hydrogen (secondary N) is 2. The first-order valence-corrected chi connectivity index (χ1v) is 6.81. The van der Waals surface area contributed by atoms with Gasteiger partial charge in [0.2, 0.25) is 5.91 Å². The smallest absolute Gasteiger partial charge is 0.221 e. The second kappa shape index (κ2) is 11.9. The molecule has 0 aliphatic heterocycles. The predicted molar refractivity (Wildman–Crippen MR) is 70.9 cm³/mol. The van der Waals surface area contributed by atoms with Gasteiger partial charge in [-0.15, -0.1) is 0 Å². The zero-order valence-corrected chi connectivity index (χ0v) is 11.3. The van der Waals surface area contributed by atoms with Crippen LogP contribution in [0.1, 0.15) is 52.4 Å². The van der Waals surface area contributed by atoms with Gasteiger partial charge >= 0.3 is 0 Å². The minimum atomic E-state index is 0.132. The molecule has 4 nitrogen and oxygen atoms in total. The molecule has 0 aromatic rings. The molecular formula is C13H28N2O2. The molecule has 0 aliphatic rings. The number of rotatable bonds is 11. The fourth-order valence-corrected chi connectivity index (χ4v) is 1.49. The average Bonchev–Trinajstić information content (AvgIpc) is 2.32. The third-order valence-corrected chi connectivity index (χ3v) is 2.81. The Hall–Kier alpha value is -0.610. The van der Waals surface area contributed by atoms with Crippen molar-refractivity contribution in [3.05, 3.63) is 0 Å². The van der Waals surface area contributed by atoms with E-state index in [1.807, 2.05) is 6.92 Å². The molecule has 0 fully saturated rings. The highest BCUT2D eigenvalue weighted by molar-refractivity contribution is 5.76. The molecule has 0 heterocycles. The zero-order valence-electron chi connectivity index (χ0n) is 11.3. The number of aliphatic hydroxyl groups excluding tert-OH is 1. The first kappa shape index (κ1) is 16.4. The molecule has 0 bridgehead atoms. The summed E-state index contributed by atoms with van der Waals surface area (Å²) in [6.07, 6.45) is 5.79. The number of carbonyl (C=O) groups is 1. The molecule has 17 heavy (non-hydrogen) atoms. The lowest BCUT2D eigenvalue weighted by molar-refractivity contribution is -0.121. The number of aliphatic hydroxyl groups is 1. The van der Waals surface area contributed by atoms with Crippen molar-refractivity contribution >= 4 is 5.91 Å². The van der Waals surface area contributed by atoms with Crippen molar-refractivity contribution in [3.63, 3.8) is 0 Å². The van der Waals surface area contributed by atoms with Gasteiger partial charge in [0.1, 0.15) is 0 Å². The molecule has 0 radical (unpaired) electrons. The van der Waals surface area contributed by atoms with Gasteiger partial charge in [0, 0.05) is 25.6 Å². The number of amides is 1. The molecule has 0 aromatic carbocycles. The molecule has 0 aliphatic carbocycles. The molecule has 1 unspecified atom stereocenters. The van der Waals surface area contributed by atoms with Gasteiger partial charge < -0.3 is 15.7 Å². The standard InChI is InChI=1S/C13H28N2O2/c1-3-12(2)15-13(17)8-10-14-9-6-4-5-7-11-16/h12,14,16H,3-11H2,1-2H3,(H,15,17). The number of hydrogen-bond acceptors (Lipinski definition) is 3. The van der Waals surface area contributed by atoms with E-state index < -0.39 is 0 Å². The van der Waals surface area contributed by atoms with Gasteiger partial charge in [-0.2, -0.15) is 0 Å². The van der Waals surface area contributed by atoms with Gasteiger partial charge in [0.25, 0.3) is 0 Å². The Bertz CT molecular complexity index is 186. The minimum Gasteiger partial charge on any atom is -0.396 e. The molecule has 4 heteroatoms. The first-order valence-electron chi connectivity index (χ1n) is 6.81. The van der Waals surface area contributed by atoms with E-state index in [1.54, 1.807) is 0 Å². The second-order valence-corrected chi connectivity index (χ2v) is 4.51. The molecule has 0 aromatic heterocycles. The molecule has 0 rings (SSSR count). The molecule has 1 atom stereocenters. The Morgan fingerprint density at radius 2 is 1.88 bits per heavy atom. The molecule has 0 saturated carbocycles. The first-order chi connectivity index (χ1) is 8.20. The van der Waals surface area contributed by atoms with Gasteiger partial charge in [-0.1, -0.05) is 19.8 Å². The SMILES string of the molecule is CCC(C)NC(=O)CCNCCCCCCO. The molecule has 3 N–H and O–H groups in total. The summed E-state index contributed by atoms with van der Waals surface area (Å²) < 4.78 is 0. The molecule has 102 valence electrons. The van der Waals surface area contributed by atoms with Crippen LogP contribution < -0.4 is 10.6 Å². The lowest BCUT2D eigenvalue weighted by Crippen LogP contribution is -2.34. The van der Waals surface area contributed by atoms with Gasteiger partial charge in [-0.3, -0.25) is 4.79 Å². The van der Waals surface area contributed by atoms with E-state index in [2.05, 4.69) is 17.6 Å². The van der Waals surface area contributed by atoms with Crippen LogP contribution in [-0.4, -0.2) is 36.8 Å². The number of carbonyl (C=O) groups excluding carboxylic acids is 1. The van der Waals surface area contributed by atoms with Crippen LogP contribution in [0.5, 0.6) is 0 Å². The zero-order chi connectivity index (χ0) is 12.9. The highest BCUT2D eigenvalue weighted by atomic mass is 16.2. The summed E-state index contributed by atoms with van der Waals surface area (Å²) in [5, 5.41) is 14.8. The van der Waals surface area contributed by atoms with Crippen LogP contribution in [0.4, 0.5) is 0 Å². The fourth-order valence-electron chi connectivity index (χ4n) is 1.49. The molecule has 1 amide bonds. The van der Waals surface area contributed by atoms with E-state index >= 15 is 0 Å². The second-order valence-electron chi connectivity index (χ2n) is 4.51. The van der Waals surface area contributed by atoms with Crippen LogP contribution in [-0.2, 0) is 4.79 Å². The summed E-state index contributed by atoms with van der Waals surface area (Å²) in [4.78, 5) is 11.4. The molecule has 0 saturated heterocycles. The predicted octanol–water partition coefficient (Wildman–Crippen LogP) is 1.43. The summed E-state index contributed by atoms with van der Waals surface area (Å²) >= 11 is 0. The highest BCUT2D eigenvalue weighted by Crippen LogP contribution is 1.97. The lowest BCUT2D eigenvalue weighted by Gasteiger charge is -2.11. The van der Waals surface area contributed by atoms with E-state index in [1.165, 1.54) is 0 Å². The van der Waals surface area contributed by atoms with Gasteiger partial charge in [-0.05, 0) is 32.7 Å². The number of hydrogen-bond donors (Lipinski definition) is 3. The van der Waals surface area contributed by atoms with Gasteiger partial charge in [0.15, 0.2) is 0 Å². The third kappa shape index (κ3) is 11.6. The Morgan fingerprint density at radius 3 is 2.53 bits per heavy atom. The van der Waals surface area contributed by atoms with Crippen molar-refractivity contribution in [2.75, 3.05) is 19.7 Å². The lowest BCUT2D eigenvalue weighted by atomic mass is 10.2.